The normalized spacial score (nSPS) is 9.67. The first-order chi connectivity index (χ1) is 6.95. The number of rotatable bonds is 3. The lowest BCUT2D eigenvalue weighted by molar-refractivity contribution is -0.113. The Morgan fingerprint density at radius 1 is 1.20 bits per heavy atom. The maximum absolute atomic E-state index is 11.3. The van der Waals surface area contributed by atoms with E-state index in [2.05, 4.69) is 0 Å². The molecule has 0 fully saturated rings. The van der Waals surface area contributed by atoms with Crippen LogP contribution in [0, 0.1) is 0 Å². The number of nitrogens with two attached hydrogens (primary N) is 1. The number of aromatic carboxylic acids is 1. The van der Waals surface area contributed by atoms with Gasteiger partial charge in [0.15, 0.2) is 5.78 Å². The molecule has 0 heterocycles. The van der Waals surface area contributed by atoms with Crippen LogP contribution >= 0.6 is 0 Å². The molecule has 0 atom stereocenters. The van der Waals surface area contributed by atoms with Crippen LogP contribution in [-0.4, -0.2) is 22.6 Å². The number of carboxylic acids is 1. The van der Waals surface area contributed by atoms with Gasteiger partial charge in [-0.3, -0.25) is 9.59 Å². The summed E-state index contributed by atoms with van der Waals surface area (Å²) in [7, 11) is 0. The van der Waals surface area contributed by atoms with Crippen molar-refractivity contribution >= 4 is 23.2 Å². The first kappa shape index (κ1) is 10.9. The van der Waals surface area contributed by atoms with Gasteiger partial charge in [0.1, 0.15) is 0 Å². The first-order valence-corrected chi connectivity index (χ1v) is 4.12. The van der Waals surface area contributed by atoms with Gasteiger partial charge in [-0.25, -0.2) is 4.79 Å². The van der Waals surface area contributed by atoms with Crippen LogP contribution in [0.5, 0.6) is 0 Å². The zero-order valence-corrected chi connectivity index (χ0v) is 7.98. The van der Waals surface area contributed by atoms with Gasteiger partial charge >= 0.3 is 5.97 Å². The van der Waals surface area contributed by atoms with E-state index in [1.807, 2.05) is 0 Å². The molecule has 0 unspecified atom stereocenters. The molecule has 5 nitrogen and oxygen atoms in total. The highest BCUT2D eigenvalue weighted by molar-refractivity contribution is 6.44. The summed E-state index contributed by atoms with van der Waals surface area (Å²) >= 11 is 0. The largest absolute Gasteiger partial charge is 0.478 e. The SMILES string of the molecule is CC(=O)C(=O)c1cccc(C(=O)O)c1N. The van der Waals surface area contributed by atoms with E-state index in [0.717, 1.165) is 6.92 Å². The van der Waals surface area contributed by atoms with E-state index in [1.54, 1.807) is 0 Å². The molecule has 0 aliphatic rings. The fourth-order valence-corrected chi connectivity index (χ4v) is 1.14. The van der Waals surface area contributed by atoms with Gasteiger partial charge in [0, 0.05) is 12.5 Å². The number of ketones is 2. The maximum atomic E-state index is 11.3. The highest BCUT2D eigenvalue weighted by Crippen LogP contribution is 2.18. The number of anilines is 1. The molecule has 1 aromatic rings. The van der Waals surface area contributed by atoms with Crippen LogP contribution in [0.4, 0.5) is 5.69 Å². The molecule has 78 valence electrons. The van der Waals surface area contributed by atoms with Crippen molar-refractivity contribution < 1.29 is 19.5 Å². The molecule has 0 radical (unpaired) electrons. The van der Waals surface area contributed by atoms with Crippen molar-refractivity contribution in [2.75, 3.05) is 5.73 Å². The van der Waals surface area contributed by atoms with Gasteiger partial charge in [0.2, 0.25) is 5.78 Å². The van der Waals surface area contributed by atoms with E-state index in [1.165, 1.54) is 18.2 Å². The number of benzene rings is 1. The fourth-order valence-electron chi connectivity index (χ4n) is 1.14. The number of Topliss-reactive ketones (excluding diaryl/α,β-unsaturated/α-hetero) is 2. The molecule has 0 bridgehead atoms. The van der Waals surface area contributed by atoms with E-state index >= 15 is 0 Å². The zero-order valence-electron chi connectivity index (χ0n) is 7.98. The number of hydrogen-bond acceptors (Lipinski definition) is 4. The van der Waals surface area contributed by atoms with Gasteiger partial charge in [-0.15, -0.1) is 0 Å². The van der Waals surface area contributed by atoms with Crippen LogP contribution in [0.2, 0.25) is 0 Å². The quantitative estimate of drug-likeness (QED) is 0.432. The van der Waals surface area contributed by atoms with E-state index < -0.39 is 17.5 Å². The number of para-hydroxylation sites is 1. The van der Waals surface area contributed by atoms with Gasteiger partial charge < -0.3 is 10.8 Å². The second-order valence-corrected chi connectivity index (χ2v) is 2.96. The monoisotopic (exact) mass is 207 g/mol. The molecular weight excluding hydrogens is 198 g/mol. The van der Waals surface area contributed by atoms with E-state index in [0.29, 0.717) is 0 Å². The minimum absolute atomic E-state index is 0.0672. The van der Waals surface area contributed by atoms with Gasteiger partial charge in [-0.2, -0.15) is 0 Å². The standard InChI is InChI=1S/C10H9NO4/c1-5(12)9(13)6-3-2-4-7(8(6)11)10(14)15/h2-4H,11H2,1H3,(H,14,15). The minimum Gasteiger partial charge on any atom is -0.478 e. The van der Waals surface area contributed by atoms with Gasteiger partial charge in [0.05, 0.1) is 11.3 Å². The summed E-state index contributed by atoms with van der Waals surface area (Å²) in [5.41, 5.74) is 5.05. The molecule has 3 N–H and O–H groups in total. The van der Waals surface area contributed by atoms with Gasteiger partial charge in [-0.1, -0.05) is 6.07 Å². The van der Waals surface area contributed by atoms with Crippen LogP contribution in [-0.2, 0) is 4.79 Å². The number of nitrogen functional groups attached to an aromatic ring is 1. The lowest BCUT2D eigenvalue weighted by atomic mass is 10.0. The maximum Gasteiger partial charge on any atom is 0.337 e. The Hall–Kier alpha value is -2.17. The number of carbonyl (C=O) groups excluding carboxylic acids is 2. The second kappa shape index (κ2) is 3.91. The second-order valence-electron chi connectivity index (χ2n) is 2.96. The topological polar surface area (TPSA) is 97.5 Å². The Kier molecular flexibility index (Phi) is 2.85. The van der Waals surface area contributed by atoms with Crippen molar-refractivity contribution in [3.05, 3.63) is 29.3 Å². The first-order valence-electron chi connectivity index (χ1n) is 4.12. The van der Waals surface area contributed by atoms with E-state index in [-0.39, 0.29) is 16.8 Å². The Labute approximate surface area is 85.5 Å². The van der Waals surface area contributed by atoms with Gasteiger partial charge in [-0.05, 0) is 12.1 Å². The molecule has 15 heavy (non-hydrogen) atoms. The predicted molar refractivity (Wildman–Crippen MR) is 52.8 cm³/mol. The predicted octanol–water partition coefficient (Wildman–Crippen LogP) is 0.739. The average Bonchev–Trinajstić information content (AvgIpc) is 2.16. The molecule has 0 aliphatic carbocycles. The minimum atomic E-state index is -1.23. The Balaban J connectivity index is 3.33. The Morgan fingerprint density at radius 3 is 2.20 bits per heavy atom. The summed E-state index contributed by atoms with van der Waals surface area (Å²) in [6.45, 7) is 1.11. The molecule has 5 heteroatoms. The summed E-state index contributed by atoms with van der Waals surface area (Å²) < 4.78 is 0. The molecule has 0 aromatic heterocycles. The fraction of sp³-hybridized carbons (Fsp3) is 0.100. The molecular formula is C10H9NO4. The smallest absolute Gasteiger partial charge is 0.337 e. The third-order valence-corrected chi connectivity index (χ3v) is 1.90. The summed E-state index contributed by atoms with van der Waals surface area (Å²) in [5, 5.41) is 8.73. The van der Waals surface area contributed by atoms with Crippen LogP contribution < -0.4 is 5.73 Å². The van der Waals surface area contributed by atoms with Crippen LogP contribution in [0.3, 0.4) is 0 Å². The molecule has 0 spiro atoms. The molecule has 1 aromatic carbocycles. The third-order valence-electron chi connectivity index (χ3n) is 1.90. The number of carboxylic acid groups (broad SMARTS) is 1. The molecule has 0 saturated carbocycles. The number of hydrogen-bond donors (Lipinski definition) is 2. The van der Waals surface area contributed by atoms with Crippen molar-refractivity contribution in [1.29, 1.82) is 0 Å². The van der Waals surface area contributed by atoms with Crippen molar-refractivity contribution in [1.82, 2.24) is 0 Å². The summed E-state index contributed by atoms with van der Waals surface area (Å²) in [5.74, 6) is -2.69. The van der Waals surface area contributed by atoms with Crippen LogP contribution in [0.1, 0.15) is 27.6 Å². The number of carbonyl (C=O) groups is 3. The third kappa shape index (κ3) is 2.01. The Bertz CT molecular complexity index is 451. The summed E-state index contributed by atoms with van der Waals surface area (Å²) in [4.78, 5) is 32.8. The average molecular weight is 207 g/mol. The van der Waals surface area contributed by atoms with Crippen LogP contribution in [0.25, 0.3) is 0 Å². The van der Waals surface area contributed by atoms with Gasteiger partial charge in [0.25, 0.3) is 0 Å². The van der Waals surface area contributed by atoms with E-state index in [9.17, 15) is 14.4 Å². The lowest BCUT2D eigenvalue weighted by Crippen LogP contribution is -2.14. The van der Waals surface area contributed by atoms with E-state index in [4.69, 9.17) is 10.8 Å². The zero-order chi connectivity index (χ0) is 11.6. The summed E-state index contributed by atoms with van der Waals surface area (Å²) in [6, 6.07) is 3.97. The molecule has 0 aliphatic heterocycles. The van der Waals surface area contributed by atoms with Crippen molar-refractivity contribution in [3.63, 3.8) is 0 Å². The van der Waals surface area contributed by atoms with Crippen molar-refractivity contribution in [2.24, 2.45) is 0 Å². The lowest BCUT2D eigenvalue weighted by Gasteiger charge is -2.05. The van der Waals surface area contributed by atoms with Crippen LogP contribution in [0.15, 0.2) is 18.2 Å². The molecule has 0 saturated heterocycles. The molecule has 0 amide bonds. The summed E-state index contributed by atoms with van der Waals surface area (Å²) in [6.07, 6.45) is 0. The Morgan fingerprint density at radius 2 is 1.73 bits per heavy atom. The van der Waals surface area contributed by atoms with Crippen molar-refractivity contribution in [3.8, 4) is 0 Å². The molecule has 1 rings (SSSR count). The highest BCUT2D eigenvalue weighted by atomic mass is 16.4. The highest BCUT2D eigenvalue weighted by Gasteiger charge is 2.18. The van der Waals surface area contributed by atoms with Crippen molar-refractivity contribution in [2.45, 2.75) is 6.92 Å².